The first-order chi connectivity index (χ1) is 18.1. The Morgan fingerprint density at radius 3 is 2.08 bits per heavy atom. The van der Waals surface area contributed by atoms with Crippen LogP contribution in [-0.4, -0.2) is 25.4 Å². The van der Waals surface area contributed by atoms with Crippen molar-refractivity contribution in [3.05, 3.63) is 83.9 Å². The van der Waals surface area contributed by atoms with Crippen molar-refractivity contribution in [3.63, 3.8) is 0 Å². The van der Waals surface area contributed by atoms with E-state index in [1.165, 1.54) is 32.1 Å². The molecule has 0 aliphatic carbocycles. The summed E-state index contributed by atoms with van der Waals surface area (Å²) >= 11 is 0. The van der Waals surface area contributed by atoms with Crippen LogP contribution in [0.3, 0.4) is 0 Å². The van der Waals surface area contributed by atoms with Crippen LogP contribution in [0, 0.1) is 5.92 Å². The summed E-state index contributed by atoms with van der Waals surface area (Å²) in [5.41, 5.74) is 4.65. The van der Waals surface area contributed by atoms with Gasteiger partial charge in [0.05, 0.1) is 24.5 Å². The molecule has 0 heterocycles. The third-order valence-electron chi connectivity index (χ3n) is 6.53. The van der Waals surface area contributed by atoms with E-state index < -0.39 is 0 Å². The van der Waals surface area contributed by atoms with Gasteiger partial charge in [-0.1, -0.05) is 95.7 Å². The number of hydrogen-bond acceptors (Lipinski definition) is 4. The Bertz CT molecular complexity index is 1090. The molecule has 0 saturated heterocycles. The molecule has 37 heavy (non-hydrogen) atoms. The topological polar surface area (TPSA) is 47.9 Å². The number of nitrogens with zero attached hydrogens (tertiary/aromatic N) is 1. The van der Waals surface area contributed by atoms with Crippen LogP contribution < -0.4 is 4.74 Å². The van der Waals surface area contributed by atoms with E-state index in [0.717, 1.165) is 47.6 Å². The number of aliphatic imine (C=N–C) groups is 1. The van der Waals surface area contributed by atoms with Gasteiger partial charge in [-0.2, -0.15) is 0 Å². The second kappa shape index (κ2) is 15.7. The van der Waals surface area contributed by atoms with Crippen molar-refractivity contribution in [1.29, 1.82) is 0 Å². The molecule has 0 spiro atoms. The second-order valence-electron chi connectivity index (χ2n) is 9.68. The van der Waals surface area contributed by atoms with Gasteiger partial charge in [-0.3, -0.25) is 4.99 Å². The number of benzene rings is 3. The quantitative estimate of drug-likeness (QED) is 0.119. The van der Waals surface area contributed by atoms with Crippen molar-refractivity contribution < 1.29 is 14.3 Å². The molecule has 3 aromatic rings. The Labute approximate surface area is 222 Å². The van der Waals surface area contributed by atoms with Crippen LogP contribution in [0.4, 0.5) is 5.69 Å². The molecule has 0 aliphatic rings. The predicted molar refractivity (Wildman–Crippen MR) is 154 cm³/mol. The van der Waals surface area contributed by atoms with E-state index in [0.29, 0.717) is 18.1 Å². The zero-order chi connectivity index (χ0) is 26.3. The van der Waals surface area contributed by atoms with Crippen molar-refractivity contribution in [2.75, 3.05) is 13.2 Å². The molecule has 3 rings (SSSR count). The lowest BCUT2D eigenvalue weighted by molar-refractivity contribution is 0.0447. The summed E-state index contributed by atoms with van der Waals surface area (Å²) in [5.74, 6) is 1.01. The van der Waals surface area contributed by atoms with Crippen LogP contribution in [-0.2, 0) is 4.74 Å². The molecule has 0 fully saturated rings. The minimum atomic E-state index is -0.281. The number of carbonyl (C=O) groups excluding carboxylic acids is 1. The van der Waals surface area contributed by atoms with Gasteiger partial charge in [0.1, 0.15) is 5.75 Å². The highest BCUT2D eigenvalue weighted by molar-refractivity contribution is 5.91. The zero-order valence-corrected chi connectivity index (χ0v) is 22.6. The van der Waals surface area contributed by atoms with E-state index in [-0.39, 0.29) is 5.97 Å². The van der Waals surface area contributed by atoms with Crippen molar-refractivity contribution in [2.45, 2.75) is 65.7 Å². The average molecular weight is 500 g/mol. The molecule has 0 aromatic heterocycles. The van der Waals surface area contributed by atoms with Crippen LogP contribution >= 0.6 is 0 Å². The Morgan fingerprint density at radius 1 is 0.811 bits per heavy atom. The minimum absolute atomic E-state index is 0.281. The third kappa shape index (κ3) is 9.87. The molecule has 0 N–H and O–H groups in total. The molecule has 0 saturated carbocycles. The lowest BCUT2D eigenvalue weighted by Crippen LogP contribution is -2.11. The molecule has 0 amide bonds. The van der Waals surface area contributed by atoms with Crippen LogP contribution in [0.25, 0.3) is 11.1 Å². The van der Waals surface area contributed by atoms with Gasteiger partial charge in [0.15, 0.2) is 0 Å². The van der Waals surface area contributed by atoms with Gasteiger partial charge < -0.3 is 9.47 Å². The molecule has 4 nitrogen and oxygen atoms in total. The number of esters is 1. The summed E-state index contributed by atoms with van der Waals surface area (Å²) < 4.78 is 11.3. The Morgan fingerprint density at radius 2 is 1.43 bits per heavy atom. The summed E-state index contributed by atoms with van der Waals surface area (Å²) in [5, 5.41) is 0. The summed E-state index contributed by atoms with van der Waals surface area (Å²) in [4.78, 5) is 16.7. The third-order valence-corrected chi connectivity index (χ3v) is 6.53. The van der Waals surface area contributed by atoms with Crippen LogP contribution in [0.1, 0.15) is 81.6 Å². The SMILES string of the molecule is CCCCCCCCOc1ccc(-c2ccc(N=Cc3ccc(C(=O)OC[C@@H](C)CC)cc3)cc2)cc1. The van der Waals surface area contributed by atoms with Crippen LogP contribution in [0.5, 0.6) is 5.75 Å². The largest absolute Gasteiger partial charge is 0.494 e. The first-order valence-corrected chi connectivity index (χ1v) is 13.7. The maximum atomic E-state index is 12.2. The van der Waals surface area contributed by atoms with E-state index in [2.05, 4.69) is 50.0 Å². The molecule has 4 heteroatoms. The van der Waals surface area contributed by atoms with Gasteiger partial charge in [0, 0.05) is 6.21 Å². The fourth-order valence-electron chi connectivity index (χ4n) is 3.83. The molecule has 196 valence electrons. The summed E-state index contributed by atoms with van der Waals surface area (Å²) in [6.45, 7) is 7.64. The van der Waals surface area contributed by atoms with Crippen molar-refractivity contribution >= 4 is 17.9 Å². The molecule has 0 radical (unpaired) electrons. The first kappa shape index (κ1) is 28.2. The standard InChI is InChI=1S/C33H41NO3/c1-4-6-7-8-9-10-23-36-32-21-17-29(18-22-32)28-15-19-31(20-16-28)34-24-27-11-13-30(14-12-27)33(35)37-25-26(3)5-2/h11-22,24,26H,4-10,23,25H2,1-3H3/t26-/m0/s1. The first-order valence-electron chi connectivity index (χ1n) is 13.7. The average Bonchev–Trinajstić information content (AvgIpc) is 2.95. The summed E-state index contributed by atoms with van der Waals surface area (Å²) in [7, 11) is 0. The summed E-state index contributed by atoms with van der Waals surface area (Å²) in [6, 6.07) is 23.8. The highest BCUT2D eigenvalue weighted by Crippen LogP contribution is 2.25. The molecule has 1 atom stereocenters. The zero-order valence-electron chi connectivity index (χ0n) is 22.6. The van der Waals surface area contributed by atoms with Crippen molar-refractivity contribution in [1.82, 2.24) is 0 Å². The number of hydrogen-bond donors (Lipinski definition) is 0. The van der Waals surface area contributed by atoms with Gasteiger partial charge in [-0.05, 0) is 65.4 Å². The van der Waals surface area contributed by atoms with Gasteiger partial charge >= 0.3 is 5.97 Å². The van der Waals surface area contributed by atoms with Gasteiger partial charge in [0.25, 0.3) is 0 Å². The van der Waals surface area contributed by atoms with E-state index in [1.54, 1.807) is 18.3 Å². The van der Waals surface area contributed by atoms with E-state index >= 15 is 0 Å². The van der Waals surface area contributed by atoms with Crippen molar-refractivity contribution in [3.8, 4) is 16.9 Å². The fraction of sp³-hybridized carbons (Fsp3) is 0.394. The second-order valence-corrected chi connectivity index (χ2v) is 9.68. The maximum absolute atomic E-state index is 12.2. The smallest absolute Gasteiger partial charge is 0.338 e. The normalized spacial score (nSPS) is 12.0. The number of rotatable bonds is 15. The number of carbonyl (C=O) groups is 1. The lowest BCUT2D eigenvalue weighted by atomic mass is 10.1. The maximum Gasteiger partial charge on any atom is 0.338 e. The van der Waals surface area contributed by atoms with Gasteiger partial charge in [0.2, 0.25) is 0 Å². The highest BCUT2D eigenvalue weighted by Gasteiger charge is 2.08. The fourth-order valence-corrected chi connectivity index (χ4v) is 3.83. The monoisotopic (exact) mass is 499 g/mol. The molecule has 3 aromatic carbocycles. The van der Waals surface area contributed by atoms with Crippen LogP contribution in [0.15, 0.2) is 77.8 Å². The van der Waals surface area contributed by atoms with Gasteiger partial charge in [-0.25, -0.2) is 4.79 Å². The number of unbranched alkanes of at least 4 members (excludes halogenated alkanes) is 5. The van der Waals surface area contributed by atoms with Crippen molar-refractivity contribution in [2.24, 2.45) is 10.9 Å². The number of ether oxygens (including phenoxy) is 2. The van der Waals surface area contributed by atoms with Crippen LogP contribution in [0.2, 0.25) is 0 Å². The highest BCUT2D eigenvalue weighted by atomic mass is 16.5. The minimum Gasteiger partial charge on any atom is -0.494 e. The van der Waals surface area contributed by atoms with E-state index in [4.69, 9.17) is 9.47 Å². The predicted octanol–water partition coefficient (Wildman–Crippen LogP) is 9.05. The Hall–Kier alpha value is -3.40. The molecule has 0 unspecified atom stereocenters. The molecular formula is C33H41NO3. The molecular weight excluding hydrogens is 458 g/mol. The molecule has 0 aliphatic heterocycles. The molecule has 0 bridgehead atoms. The Balaban J connectivity index is 1.47. The van der Waals surface area contributed by atoms with Gasteiger partial charge in [-0.15, -0.1) is 0 Å². The Kier molecular flexibility index (Phi) is 11.9. The van der Waals surface area contributed by atoms with E-state index in [1.807, 2.05) is 36.4 Å². The lowest BCUT2D eigenvalue weighted by Gasteiger charge is -2.09. The van der Waals surface area contributed by atoms with E-state index in [9.17, 15) is 4.79 Å². The summed E-state index contributed by atoms with van der Waals surface area (Å²) in [6.07, 6.45) is 10.4.